The number of hydrogen-bond acceptors (Lipinski definition) is 2. The van der Waals surface area contributed by atoms with Crippen LogP contribution in [0.15, 0.2) is 22.7 Å². The van der Waals surface area contributed by atoms with Crippen LogP contribution >= 0.6 is 15.9 Å². The van der Waals surface area contributed by atoms with Crippen molar-refractivity contribution in [3.8, 4) is 11.8 Å². The minimum atomic E-state index is -0.403. The summed E-state index contributed by atoms with van der Waals surface area (Å²) in [6, 6.07) is 4.85. The van der Waals surface area contributed by atoms with Crippen LogP contribution < -0.4 is 11.1 Å². The first kappa shape index (κ1) is 12.7. The molecule has 0 spiro atoms. The molecule has 0 unspecified atom stereocenters. The van der Waals surface area contributed by atoms with Crippen LogP contribution in [-0.4, -0.2) is 19.0 Å². The smallest absolute Gasteiger partial charge is 0.234 e. The molecule has 3 N–H and O–H groups in total. The number of benzene rings is 1. The normalized spacial score (nSPS) is 9.19. The van der Waals surface area contributed by atoms with Crippen LogP contribution in [0.5, 0.6) is 0 Å². The molecular weight excluding hydrogens is 275 g/mol. The largest absolute Gasteiger partial charge is 0.344 e. The molecular formula is C11H10BrFN2O. The molecule has 0 aromatic heterocycles. The fourth-order valence-corrected chi connectivity index (χ4v) is 1.32. The van der Waals surface area contributed by atoms with Gasteiger partial charge in [-0.25, -0.2) is 4.39 Å². The van der Waals surface area contributed by atoms with Crippen molar-refractivity contribution < 1.29 is 9.18 Å². The van der Waals surface area contributed by atoms with E-state index in [1.165, 1.54) is 0 Å². The highest BCUT2D eigenvalue weighted by Gasteiger charge is 2.02. The second-order valence-corrected chi connectivity index (χ2v) is 3.74. The molecule has 0 aliphatic carbocycles. The van der Waals surface area contributed by atoms with Crippen molar-refractivity contribution >= 4 is 21.8 Å². The molecule has 1 amide bonds. The quantitative estimate of drug-likeness (QED) is 0.797. The molecule has 0 bridgehead atoms. The van der Waals surface area contributed by atoms with Crippen molar-refractivity contribution in [3.05, 3.63) is 34.1 Å². The summed E-state index contributed by atoms with van der Waals surface area (Å²) >= 11 is 3.06. The molecule has 0 aliphatic heterocycles. The van der Waals surface area contributed by atoms with Gasteiger partial charge in [0.05, 0.1) is 23.1 Å². The number of carbonyl (C=O) groups excluding carboxylic acids is 1. The lowest BCUT2D eigenvalue weighted by Crippen LogP contribution is -2.30. The minimum absolute atomic E-state index is 0.0765. The molecule has 84 valence electrons. The van der Waals surface area contributed by atoms with Crippen LogP contribution in [0.4, 0.5) is 4.39 Å². The van der Waals surface area contributed by atoms with Gasteiger partial charge >= 0.3 is 0 Å². The zero-order valence-corrected chi connectivity index (χ0v) is 9.97. The van der Waals surface area contributed by atoms with Crippen molar-refractivity contribution in [2.24, 2.45) is 5.73 Å². The van der Waals surface area contributed by atoms with Gasteiger partial charge in [-0.05, 0) is 28.1 Å². The van der Waals surface area contributed by atoms with Gasteiger partial charge in [0.15, 0.2) is 5.82 Å². The van der Waals surface area contributed by atoms with Crippen LogP contribution in [0.3, 0.4) is 0 Å². The Bertz CT molecular complexity index is 451. The van der Waals surface area contributed by atoms with E-state index < -0.39 is 5.82 Å². The molecule has 0 heterocycles. The van der Waals surface area contributed by atoms with Gasteiger partial charge in [-0.15, -0.1) is 0 Å². The summed E-state index contributed by atoms with van der Waals surface area (Å²) in [5.41, 5.74) is 5.37. The first-order valence-electron chi connectivity index (χ1n) is 4.55. The molecule has 1 aromatic carbocycles. The summed E-state index contributed by atoms with van der Waals surface area (Å²) in [7, 11) is 0. The van der Waals surface area contributed by atoms with Crippen LogP contribution in [0, 0.1) is 17.7 Å². The van der Waals surface area contributed by atoms with Gasteiger partial charge in [-0.2, -0.15) is 0 Å². The first-order valence-corrected chi connectivity index (χ1v) is 5.34. The lowest BCUT2D eigenvalue weighted by molar-refractivity contribution is -0.119. The van der Waals surface area contributed by atoms with Crippen molar-refractivity contribution in [1.29, 1.82) is 0 Å². The van der Waals surface area contributed by atoms with E-state index in [-0.39, 0.29) is 24.6 Å². The number of nitrogens with two attached hydrogens (primary N) is 1. The maximum Gasteiger partial charge on any atom is 0.234 e. The predicted octanol–water partition coefficient (Wildman–Crippen LogP) is 1.01. The standard InChI is InChI=1S/C11H10BrFN2O/c12-9-5-1-3-8(11(9)13)4-2-6-15-10(16)7-14/h1,3,5H,6-7,14H2,(H,15,16). The SMILES string of the molecule is NCC(=O)NCC#Cc1cccc(Br)c1F. The molecule has 3 nitrogen and oxygen atoms in total. The van der Waals surface area contributed by atoms with E-state index in [9.17, 15) is 9.18 Å². The molecule has 0 radical (unpaired) electrons. The summed E-state index contributed by atoms with van der Waals surface area (Å²) in [6.07, 6.45) is 0. The Labute approximate surface area is 101 Å². The van der Waals surface area contributed by atoms with Gasteiger partial charge in [-0.1, -0.05) is 17.9 Å². The van der Waals surface area contributed by atoms with Gasteiger partial charge in [0.2, 0.25) is 5.91 Å². The zero-order chi connectivity index (χ0) is 12.0. The fraction of sp³-hybridized carbons (Fsp3) is 0.182. The summed E-state index contributed by atoms with van der Waals surface area (Å²) in [4.78, 5) is 10.8. The number of carbonyl (C=O) groups is 1. The third-order valence-electron chi connectivity index (χ3n) is 1.73. The van der Waals surface area contributed by atoms with E-state index in [4.69, 9.17) is 5.73 Å². The van der Waals surface area contributed by atoms with E-state index in [1.807, 2.05) is 0 Å². The summed E-state index contributed by atoms with van der Waals surface area (Å²) in [6.45, 7) is 0.0783. The number of nitrogens with one attached hydrogen (secondary N) is 1. The first-order chi connectivity index (χ1) is 7.65. The summed E-state index contributed by atoms with van der Waals surface area (Å²) < 4.78 is 13.8. The molecule has 1 aromatic rings. The zero-order valence-electron chi connectivity index (χ0n) is 8.39. The Morgan fingerprint density at radius 1 is 1.56 bits per heavy atom. The molecule has 0 atom stereocenters. The van der Waals surface area contributed by atoms with E-state index in [0.717, 1.165) is 0 Å². The average molecular weight is 285 g/mol. The molecule has 0 saturated heterocycles. The molecule has 0 saturated carbocycles. The van der Waals surface area contributed by atoms with Crippen LogP contribution in [-0.2, 0) is 4.79 Å². The Morgan fingerprint density at radius 3 is 3.00 bits per heavy atom. The number of amides is 1. The maximum atomic E-state index is 13.4. The van der Waals surface area contributed by atoms with E-state index in [1.54, 1.807) is 18.2 Å². The number of rotatable bonds is 2. The Hall–Kier alpha value is -1.38. The predicted molar refractivity (Wildman–Crippen MR) is 63.0 cm³/mol. The molecule has 5 heteroatoms. The molecule has 0 aliphatic rings. The monoisotopic (exact) mass is 284 g/mol. The average Bonchev–Trinajstić information content (AvgIpc) is 2.29. The third kappa shape index (κ3) is 3.65. The van der Waals surface area contributed by atoms with E-state index in [0.29, 0.717) is 4.47 Å². The fourth-order valence-electron chi connectivity index (χ4n) is 0.955. The van der Waals surface area contributed by atoms with Gasteiger partial charge in [0.25, 0.3) is 0 Å². The van der Waals surface area contributed by atoms with Crippen molar-refractivity contribution in [3.63, 3.8) is 0 Å². The Morgan fingerprint density at radius 2 is 2.31 bits per heavy atom. The van der Waals surface area contributed by atoms with E-state index >= 15 is 0 Å². The van der Waals surface area contributed by atoms with Gasteiger partial charge in [0, 0.05) is 0 Å². The third-order valence-corrected chi connectivity index (χ3v) is 2.35. The van der Waals surface area contributed by atoms with Gasteiger partial charge < -0.3 is 11.1 Å². The minimum Gasteiger partial charge on any atom is -0.344 e. The number of hydrogen-bond donors (Lipinski definition) is 2. The summed E-state index contributed by atoms with van der Waals surface area (Å²) in [5, 5.41) is 2.46. The second-order valence-electron chi connectivity index (χ2n) is 2.88. The molecule has 0 fully saturated rings. The number of halogens is 2. The van der Waals surface area contributed by atoms with Crippen molar-refractivity contribution in [2.45, 2.75) is 0 Å². The second kappa shape index (κ2) is 6.26. The highest BCUT2D eigenvalue weighted by atomic mass is 79.9. The van der Waals surface area contributed by atoms with E-state index in [2.05, 4.69) is 33.1 Å². The highest BCUT2D eigenvalue weighted by molar-refractivity contribution is 9.10. The van der Waals surface area contributed by atoms with Crippen molar-refractivity contribution in [2.75, 3.05) is 13.1 Å². The Balaban J connectivity index is 2.63. The highest BCUT2D eigenvalue weighted by Crippen LogP contribution is 2.17. The van der Waals surface area contributed by atoms with Crippen LogP contribution in [0.1, 0.15) is 5.56 Å². The maximum absolute atomic E-state index is 13.4. The summed E-state index contributed by atoms with van der Waals surface area (Å²) in [5.74, 6) is 4.57. The molecule has 16 heavy (non-hydrogen) atoms. The molecule has 1 rings (SSSR count). The van der Waals surface area contributed by atoms with Gasteiger partial charge in [-0.3, -0.25) is 4.79 Å². The van der Waals surface area contributed by atoms with Crippen LogP contribution in [0.25, 0.3) is 0 Å². The van der Waals surface area contributed by atoms with Gasteiger partial charge in [0.1, 0.15) is 0 Å². The van der Waals surface area contributed by atoms with Crippen LogP contribution in [0.2, 0.25) is 0 Å². The lowest BCUT2D eigenvalue weighted by Gasteiger charge is -1.97. The Kier molecular flexibility index (Phi) is 4.96. The lowest BCUT2D eigenvalue weighted by atomic mass is 10.2. The topological polar surface area (TPSA) is 55.1 Å². The van der Waals surface area contributed by atoms with Crippen molar-refractivity contribution in [1.82, 2.24) is 5.32 Å².